The molecule has 1 fully saturated rings. The molecule has 4 heterocycles. The van der Waals surface area contributed by atoms with Crippen molar-refractivity contribution >= 4 is 34.4 Å². The van der Waals surface area contributed by atoms with Crippen LogP contribution in [0.2, 0.25) is 5.02 Å². The summed E-state index contributed by atoms with van der Waals surface area (Å²) in [6.45, 7) is 5.74. The van der Waals surface area contributed by atoms with Crippen LogP contribution in [-0.4, -0.2) is 50.4 Å². The minimum Gasteiger partial charge on any atom is -0.367 e. The number of piperidine rings is 1. The predicted octanol–water partition coefficient (Wildman–Crippen LogP) is 4.43. The van der Waals surface area contributed by atoms with Gasteiger partial charge in [-0.15, -0.1) is 0 Å². The second-order valence-corrected chi connectivity index (χ2v) is 8.47. The van der Waals surface area contributed by atoms with E-state index < -0.39 is 5.82 Å². The lowest BCUT2D eigenvalue weighted by Crippen LogP contribution is -2.41. The number of nitrogens with one attached hydrogen (secondary N) is 2. The number of amides is 1. The average molecular weight is 443 g/mol. The lowest BCUT2D eigenvalue weighted by Gasteiger charge is -2.32. The van der Waals surface area contributed by atoms with Crippen molar-refractivity contribution in [2.75, 3.05) is 25.0 Å². The maximum Gasteiger partial charge on any atom is 0.246 e. The Morgan fingerprint density at radius 3 is 3.03 bits per heavy atom. The van der Waals surface area contributed by atoms with E-state index in [1.165, 1.54) is 0 Å². The number of rotatable bonds is 5. The van der Waals surface area contributed by atoms with E-state index in [1.807, 2.05) is 18.7 Å². The fraction of sp³-hybridized carbons (Fsp3) is 0.364. The van der Waals surface area contributed by atoms with Crippen LogP contribution in [0.1, 0.15) is 26.7 Å². The van der Waals surface area contributed by atoms with Crippen molar-refractivity contribution < 1.29 is 9.18 Å². The Kier molecular flexibility index (Phi) is 6.18. The molecule has 0 radical (unpaired) electrons. The quantitative estimate of drug-likeness (QED) is 0.571. The molecular formula is C22H24ClFN6O. The molecule has 1 amide bonds. The number of anilines is 1. The number of fused-ring (bicyclic) bond motifs is 1. The number of hydrogen-bond acceptors (Lipinski definition) is 5. The van der Waals surface area contributed by atoms with Crippen LogP contribution in [0.3, 0.4) is 0 Å². The number of nitrogens with zero attached hydrogens (tertiary/aromatic N) is 4. The first-order valence-corrected chi connectivity index (χ1v) is 10.6. The Labute approximate surface area is 184 Å². The van der Waals surface area contributed by atoms with Crippen molar-refractivity contribution in [2.45, 2.75) is 26.7 Å². The van der Waals surface area contributed by atoms with Crippen molar-refractivity contribution in [2.24, 2.45) is 5.92 Å². The van der Waals surface area contributed by atoms with E-state index in [-0.39, 0.29) is 17.6 Å². The first-order valence-electron chi connectivity index (χ1n) is 10.2. The maximum absolute atomic E-state index is 14.4. The number of likely N-dealkylation sites (tertiary alicyclic amines) is 1. The van der Waals surface area contributed by atoms with Crippen LogP contribution in [0.25, 0.3) is 22.4 Å². The van der Waals surface area contributed by atoms with Crippen LogP contribution in [-0.2, 0) is 4.79 Å². The maximum atomic E-state index is 14.4. The number of allylic oxidation sites excluding steroid dienone is 1. The Morgan fingerprint density at radius 2 is 2.23 bits per heavy atom. The molecule has 1 saturated heterocycles. The van der Waals surface area contributed by atoms with E-state index in [4.69, 9.17) is 11.6 Å². The van der Waals surface area contributed by atoms with Gasteiger partial charge in [-0.05, 0) is 38.7 Å². The van der Waals surface area contributed by atoms with Crippen LogP contribution in [0.4, 0.5) is 10.2 Å². The summed E-state index contributed by atoms with van der Waals surface area (Å²) in [5, 5.41) is 4.38. The standard InChI is InChI=1S/C22H24ClFN6O/c1-13(2)6-19(31)30-5-3-4-14(12-30)8-25-22-18(24)11-28-21(29-22)17-10-27-20-16(17)7-15(23)9-26-20/h6-7,9-11,14H,3-5,8,12H2,1-2H3,(H,26,27)(H,25,28,29). The number of aromatic amines is 1. The van der Waals surface area contributed by atoms with E-state index in [0.29, 0.717) is 35.1 Å². The van der Waals surface area contributed by atoms with E-state index in [1.54, 1.807) is 24.5 Å². The Hall–Kier alpha value is -3.00. The van der Waals surface area contributed by atoms with E-state index in [2.05, 4.69) is 25.3 Å². The fourth-order valence-electron chi connectivity index (χ4n) is 3.79. The van der Waals surface area contributed by atoms with E-state index in [0.717, 1.165) is 36.5 Å². The molecule has 0 saturated carbocycles. The molecule has 162 valence electrons. The molecule has 31 heavy (non-hydrogen) atoms. The molecular weight excluding hydrogens is 419 g/mol. The fourth-order valence-corrected chi connectivity index (χ4v) is 3.95. The molecule has 0 bridgehead atoms. The first kappa shape index (κ1) is 21.2. The van der Waals surface area contributed by atoms with Crippen LogP contribution >= 0.6 is 11.6 Å². The molecule has 2 N–H and O–H groups in total. The molecule has 1 atom stereocenters. The summed E-state index contributed by atoms with van der Waals surface area (Å²) in [4.78, 5) is 30.0. The van der Waals surface area contributed by atoms with Crippen LogP contribution in [0.15, 0.2) is 36.3 Å². The van der Waals surface area contributed by atoms with Gasteiger partial charge in [-0.3, -0.25) is 4.79 Å². The van der Waals surface area contributed by atoms with Gasteiger partial charge in [0.1, 0.15) is 5.65 Å². The number of halogens is 2. The molecule has 4 rings (SSSR count). The van der Waals surface area contributed by atoms with E-state index in [9.17, 15) is 9.18 Å². The lowest BCUT2D eigenvalue weighted by atomic mass is 9.98. The predicted molar refractivity (Wildman–Crippen MR) is 119 cm³/mol. The first-order chi connectivity index (χ1) is 14.9. The Morgan fingerprint density at radius 1 is 1.39 bits per heavy atom. The molecule has 3 aromatic heterocycles. The summed E-state index contributed by atoms with van der Waals surface area (Å²) in [6, 6.07) is 1.77. The largest absolute Gasteiger partial charge is 0.367 e. The summed E-state index contributed by atoms with van der Waals surface area (Å²) >= 11 is 6.07. The van der Waals surface area contributed by atoms with Gasteiger partial charge in [-0.1, -0.05) is 17.2 Å². The minimum atomic E-state index is -0.520. The summed E-state index contributed by atoms with van der Waals surface area (Å²) in [7, 11) is 0. The van der Waals surface area contributed by atoms with Gasteiger partial charge in [0, 0.05) is 49.1 Å². The number of carbonyl (C=O) groups is 1. The van der Waals surface area contributed by atoms with Crippen molar-refractivity contribution in [3.63, 3.8) is 0 Å². The number of hydrogen-bond donors (Lipinski definition) is 2. The molecule has 0 aliphatic carbocycles. The zero-order chi connectivity index (χ0) is 22.0. The van der Waals surface area contributed by atoms with Crippen molar-refractivity contribution in [3.05, 3.63) is 47.1 Å². The van der Waals surface area contributed by atoms with Crippen LogP contribution in [0, 0.1) is 11.7 Å². The molecule has 7 nitrogen and oxygen atoms in total. The number of aromatic nitrogens is 4. The average Bonchev–Trinajstić information content (AvgIpc) is 3.16. The van der Waals surface area contributed by atoms with Crippen LogP contribution in [0.5, 0.6) is 0 Å². The SMILES string of the molecule is CC(C)=CC(=O)N1CCCC(CNc2nc(-c3c[nH]c4ncc(Cl)cc34)ncc2F)C1. The Balaban J connectivity index is 1.49. The lowest BCUT2D eigenvalue weighted by molar-refractivity contribution is -0.127. The number of pyridine rings is 1. The molecule has 9 heteroatoms. The highest BCUT2D eigenvalue weighted by Crippen LogP contribution is 2.28. The summed E-state index contributed by atoms with van der Waals surface area (Å²) in [5.41, 5.74) is 2.34. The van der Waals surface area contributed by atoms with Gasteiger partial charge in [-0.2, -0.15) is 0 Å². The molecule has 1 aliphatic rings. The minimum absolute atomic E-state index is 0.0341. The van der Waals surface area contributed by atoms with Crippen molar-refractivity contribution in [3.8, 4) is 11.4 Å². The van der Waals surface area contributed by atoms with E-state index >= 15 is 0 Å². The van der Waals surface area contributed by atoms with Crippen molar-refractivity contribution in [1.82, 2.24) is 24.8 Å². The third kappa shape index (κ3) is 4.85. The van der Waals surface area contributed by atoms with Gasteiger partial charge in [0.25, 0.3) is 0 Å². The van der Waals surface area contributed by atoms with Gasteiger partial charge < -0.3 is 15.2 Å². The highest BCUT2D eigenvalue weighted by atomic mass is 35.5. The smallest absolute Gasteiger partial charge is 0.246 e. The molecule has 1 unspecified atom stereocenters. The van der Waals surface area contributed by atoms with Gasteiger partial charge >= 0.3 is 0 Å². The highest BCUT2D eigenvalue weighted by molar-refractivity contribution is 6.31. The highest BCUT2D eigenvalue weighted by Gasteiger charge is 2.23. The number of H-pyrrole nitrogens is 1. The normalized spacial score (nSPS) is 16.4. The Bertz CT molecular complexity index is 1140. The summed E-state index contributed by atoms with van der Waals surface area (Å²) < 4.78 is 14.4. The second-order valence-electron chi connectivity index (χ2n) is 8.04. The summed E-state index contributed by atoms with van der Waals surface area (Å²) in [5.74, 6) is 0.252. The van der Waals surface area contributed by atoms with Crippen molar-refractivity contribution in [1.29, 1.82) is 0 Å². The molecule has 1 aliphatic heterocycles. The number of carbonyl (C=O) groups excluding carboxylic acids is 1. The van der Waals surface area contributed by atoms with Gasteiger partial charge in [-0.25, -0.2) is 19.3 Å². The van der Waals surface area contributed by atoms with Gasteiger partial charge in [0.05, 0.1) is 11.2 Å². The molecule has 0 spiro atoms. The summed E-state index contributed by atoms with van der Waals surface area (Å²) in [6.07, 6.45) is 8.01. The van der Waals surface area contributed by atoms with Crippen LogP contribution < -0.4 is 5.32 Å². The zero-order valence-electron chi connectivity index (χ0n) is 17.5. The third-order valence-electron chi connectivity index (χ3n) is 5.28. The monoisotopic (exact) mass is 442 g/mol. The van der Waals surface area contributed by atoms with Gasteiger partial charge in [0.2, 0.25) is 5.91 Å². The second kappa shape index (κ2) is 9.01. The molecule has 3 aromatic rings. The van der Waals surface area contributed by atoms with Gasteiger partial charge in [0.15, 0.2) is 17.5 Å². The zero-order valence-corrected chi connectivity index (χ0v) is 18.2. The topological polar surface area (TPSA) is 86.8 Å². The third-order valence-corrected chi connectivity index (χ3v) is 5.49. The molecule has 0 aromatic carbocycles.